The van der Waals surface area contributed by atoms with Crippen molar-refractivity contribution in [2.45, 2.75) is 6.92 Å². The molecule has 0 N–H and O–H groups in total. The van der Waals surface area contributed by atoms with Crippen LogP contribution in [-0.4, -0.2) is 24.2 Å². The molecule has 0 atom stereocenters. The molecule has 0 radical (unpaired) electrons. The highest BCUT2D eigenvalue weighted by Crippen LogP contribution is 2.27. The summed E-state index contributed by atoms with van der Waals surface area (Å²) in [5.41, 5.74) is 0.163. The van der Waals surface area contributed by atoms with Crippen molar-refractivity contribution in [2.75, 3.05) is 19.0 Å². The molecule has 0 fully saturated rings. The van der Waals surface area contributed by atoms with Crippen molar-refractivity contribution in [3.05, 3.63) is 29.7 Å². The summed E-state index contributed by atoms with van der Waals surface area (Å²) in [6.07, 6.45) is 0. The van der Waals surface area contributed by atoms with Crippen LogP contribution in [-0.2, 0) is 0 Å². The van der Waals surface area contributed by atoms with E-state index in [1.807, 2.05) is 0 Å². The minimum Gasteiger partial charge on any atom is -0.373 e. The van der Waals surface area contributed by atoms with Crippen LogP contribution in [0.25, 0.3) is 11.4 Å². The van der Waals surface area contributed by atoms with Crippen LogP contribution in [0.3, 0.4) is 0 Å². The largest absolute Gasteiger partial charge is 0.373 e. The van der Waals surface area contributed by atoms with Crippen LogP contribution in [0.4, 0.5) is 14.5 Å². The van der Waals surface area contributed by atoms with Crippen LogP contribution in [0.5, 0.6) is 0 Å². The lowest BCUT2D eigenvalue weighted by atomic mass is 10.1. The smallest absolute Gasteiger partial charge is 0.223 e. The Morgan fingerprint density at radius 2 is 1.76 bits per heavy atom. The normalized spacial score (nSPS) is 10.6. The molecule has 0 bridgehead atoms. The van der Waals surface area contributed by atoms with Crippen molar-refractivity contribution in [1.29, 1.82) is 0 Å². The van der Waals surface area contributed by atoms with Crippen molar-refractivity contribution < 1.29 is 13.3 Å². The fourth-order valence-corrected chi connectivity index (χ4v) is 1.54. The van der Waals surface area contributed by atoms with Crippen molar-refractivity contribution >= 4 is 5.69 Å². The number of aryl methyl sites for hydroxylation is 1. The summed E-state index contributed by atoms with van der Waals surface area (Å²) in [7, 11) is 3.14. The summed E-state index contributed by atoms with van der Waals surface area (Å²) in [5.74, 6) is -0.803. The van der Waals surface area contributed by atoms with Gasteiger partial charge in [-0.1, -0.05) is 5.16 Å². The third-order valence-corrected chi connectivity index (χ3v) is 2.25. The van der Waals surface area contributed by atoms with Gasteiger partial charge in [-0.3, -0.25) is 0 Å². The minimum atomic E-state index is -0.660. The van der Waals surface area contributed by atoms with E-state index in [2.05, 4.69) is 10.1 Å². The fourth-order valence-electron chi connectivity index (χ4n) is 1.54. The summed E-state index contributed by atoms with van der Waals surface area (Å²) in [5, 5.41) is 3.61. The van der Waals surface area contributed by atoms with Gasteiger partial charge in [-0.25, -0.2) is 8.78 Å². The molecule has 0 aliphatic carbocycles. The molecule has 6 heteroatoms. The summed E-state index contributed by atoms with van der Waals surface area (Å²) in [6, 6.07) is 2.37. The molecular weight excluding hydrogens is 228 g/mol. The van der Waals surface area contributed by atoms with E-state index < -0.39 is 11.6 Å². The van der Waals surface area contributed by atoms with Crippen LogP contribution in [0, 0.1) is 18.6 Å². The molecule has 17 heavy (non-hydrogen) atoms. The number of benzene rings is 1. The third-order valence-electron chi connectivity index (χ3n) is 2.25. The van der Waals surface area contributed by atoms with Gasteiger partial charge < -0.3 is 9.42 Å². The van der Waals surface area contributed by atoms with Crippen LogP contribution in [0.1, 0.15) is 5.89 Å². The second-order valence-corrected chi connectivity index (χ2v) is 3.82. The van der Waals surface area contributed by atoms with E-state index in [-0.39, 0.29) is 17.1 Å². The first-order valence-corrected chi connectivity index (χ1v) is 4.96. The van der Waals surface area contributed by atoms with E-state index in [1.54, 1.807) is 21.0 Å². The number of hydrogen-bond donors (Lipinski definition) is 0. The van der Waals surface area contributed by atoms with E-state index in [9.17, 15) is 8.78 Å². The number of halogens is 2. The van der Waals surface area contributed by atoms with Crippen molar-refractivity contribution in [3.63, 3.8) is 0 Å². The van der Waals surface area contributed by atoms with Crippen molar-refractivity contribution in [3.8, 4) is 11.4 Å². The average Bonchev–Trinajstić information content (AvgIpc) is 2.63. The highest BCUT2D eigenvalue weighted by molar-refractivity contribution is 5.61. The Hall–Kier alpha value is -1.98. The van der Waals surface area contributed by atoms with Gasteiger partial charge in [0, 0.05) is 26.6 Å². The van der Waals surface area contributed by atoms with Gasteiger partial charge in [0.05, 0.1) is 0 Å². The van der Waals surface area contributed by atoms with Gasteiger partial charge in [-0.15, -0.1) is 0 Å². The highest BCUT2D eigenvalue weighted by atomic mass is 19.1. The zero-order valence-corrected chi connectivity index (χ0v) is 9.66. The first kappa shape index (κ1) is 11.5. The molecule has 1 aromatic heterocycles. The molecule has 0 unspecified atom stereocenters. The number of hydrogen-bond acceptors (Lipinski definition) is 4. The van der Waals surface area contributed by atoms with E-state index in [4.69, 9.17) is 4.52 Å². The molecule has 0 spiro atoms. The van der Waals surface area contributed by atoms with E-state index in [0.717, 1.165) is 0 Å². The summed E-state index contributed by atoms with van der Waals surface area (Å²) < 4.78 is 32.1. The highest BCUT2D eigenvalue weighted by Gasteiger charge is 2.16. The molecule has 1 heterocycles. The van der Waals surface area contributed by atoms with Gasteiger partial charge in [0.15, 0.2) is 0 Å². The third kappa shape index (κ3) is 2.11. The van der Waals surface area contributed by atoms with Gasteiger partial charge in [0.1, 0.15) is 17.3 Å². The molecule has 0 amide bonds. The molecular formula is C11H11F2N3O. The molecule has 0 aliphatic rings. The Labute approximate surface area is 96.9 Å². The zero-order valence-electron chi connectivity index (χ0n) is 9.66. The maximum Gasteiger partial charge on any atom is 0.223 e. The van der Waals surface area contributed by atoms with E-state index in [0.29, 0.717) is 5.89 Å². The Balaban J connectivity index is 2.52. The monoisotopic (exact) mass is 239 g/mol. The van der Waals surface area contributed by atoms with Gasteiger partial charge in [-0.2, -0.15) is 4.98 Å². The molecule has 0 saturated carbocycles. The van der Waals surface area contributed by atoms with E-state index in [1.165, 1.54) is 17.0 Å². The SMILES string of the molecule is Cc1nc(-c2cc(F)c(N(C)C)c(F)c2)no1. The number of anilines is 1. The lowest BCUT2D eigenvalue weighted by molar-refractivity contribution is 0.394. The lowest BCUT2D eigenvalue weighted by Gasteiger charge is -2.14. The Morgan fingerprint density at radius 1 is 1.18 bits per heavy atom. The number of rotatable bonds is 2. The molecule has 1 aromatic carbocycles. The standard InChI is InChI=1S/C11H11F2N3O/c1-6-14-11(15-17-6)7-4-8(12)10(16(2)3)9(13)5-7/h4-5H,1-3H3. The fraction of sp³-hybridized carbons (Fsp3) is 0.273. The predicted octanol–water partition coefficient (Wildman–Crippen LogP) is 2.39. The topological polar surface area (TPSA) is 42.2 Å². The summed E-state index contributed by atoms with van der Waals surface area (Å²) in [4.78, 5) is 5.28. The molecule has 90 valence electrons. The number of aromatic nitrogens is 2. The maximum atomic E-state index is 13.7. The van der Waals surface area contributed by atoms with Crippen molar-refractivity contribution in [1.82, 2.24) is 10.1 Å². The van der Waals surface area contributed by atoms with E-state index >= 15 is 0 Å². The molecule has 0 aliphatic heterocycles. The summed E-state index contributed by atoms with van der Waals surface area (Å²) in [6.45, 7) is 1.61. The minimum absolute atomic E-state index is 0.0889. The first-order valence-electron chi connectivity index (χ1n) is 4.96. The van der Waals surface area contributed by atoms with Crippen LogP contribution in [0.2, 0.25) is 0 Å². The molecule has 4 nitrogen and oxygen atoms in total. The zero-order chi connectivity index (χ0) is 12.6. The van der Waals surface area contributed by atoms with Gasteiger partial charge in [-0.05, 0) is 12.1 Å². The second kappa shape index (κ2) is 4.12. The van der Waals surface area contributed by atoms with Crippen LogP contribution in [0.15, 0.2) is 16.7 Å². The maximum absolute atomic E-state index is 13.7. The Morgan fingerprint density at radius 3 is 2.18 bits per heavy atom. The predicted molar refractivity (Wildman–Crippen MR) is 58.7 cm³/mol. The van der Waals surface area contributed by atoms with Gasteiger partial charge in [0.25, 0.3) is 0 Å². The van der Waals surface area contributed by atoms with Crippen LogP contribution >= 0.6 is 0 Å². The lowest BCUT2D eigenvalue weighted by Crippen LogP contribution is -2.13. The Bertz CT molecular complexity index is 528. The molecule has 2 rings (SSSR count). The summed E-state index contributed by atoms with van der Waals surface area (Å²) >= 11 is 0. The molecule has 2 aromatic rings. The van der Waals surface area contributed by atoms with Gasteiger partial charge in [0.2, 0.25) is 11.7 Å². The van der Waals surface area contributed by atoms with Crippen LogP contribution < -0.4 is 4.90 Å². The quantitative estimate of drug-likeness (QED) is 0.807. The number of nitrogens with zero attached hydrogens (tertiary/aromatic N) is 3. The Kier molecular flexibility index (Phi) is 2.79. The average molecular weight is 239 g/mol. The first-order chi connectivity index (χ1) is 7.99. The second-order valence-electron chi connectivity index (χ2n) is 3.82. The molecule has 0 saturated heterocycles. The van der Waals surface area contributed by atoms with Crippen molar-refractivity contribution in [2.24, 2.45) is 0 Å². The van der Waals surface area contributed by atoms with Gasteiger partial charge >= 0.3 is 0 Å².